The summed E-state index contributed by atoms with van der Waals surface area (Å²) < 4.78 is 0. The highest BCUT2D eigenvalue weighted by molar-refractivity contribution is 5.48. The molecule has 0 fully saturated rings. The lowest BCUT2D eigenvalue weighted by atomic mass is 10.1. The normalized spacial score (nSPS) is 9.95. The lowest BCUT2D eigenvalue weighted by Gasteiger charge is -1.99. The van der Waals surface area contributed by atoms with Crippen molar-refractivity contribution in [2.45, 2.75) is 96.8 Å². The minimum absolute atomic E-state index is 0.714. The van der Waals surface area contributed by atoms with Crippen molar-refractivity contribution in [1.29, 1.82) is 0 Å². The molecule has 0 aliphatic carbocycles. The van der Waals surface area contributed by atoms with Crippen molar-refractivity contribution in [3.63, 3.8) is 0 Å². The predicted molar refractivity (Wildman–Crippen MR) is 84.2 cm³/mol. The zero-order valence-corrected chi connectivity index (χ0v) is 12.9. The standard InChI is InChI=1S/C18H32O/c1-2-3-4-5-6-7-8-9-10-11-12-13-14-15-16-17-18-19/h18H,2-10,13-17H2,1H3. The quantitative estimate of drug-likeness (QED) is 0.238. The Balaban J connectivity index is 3.07. The minimum atomic E-state index is 0.714. The number of unbranched alkanes of at least 4 members (excludes halogenated alkanes) is 12. The molecule has 0 spiro atoms. The predicted octanol–water partition coefficient (Wildman–Crippen LogP) is 5.67. The van der Waals surface area contributed by atoms with Crippen molar-refractivity contribution < 1.29 is 4.79 Å². The fraction of sp³-hybridized carbons (Fsp3) is 0.833. The molecular weight excluding hydrogens is 232 g/mol. The minimum Gasteiger partial charge on any atom is -0.303 e. The maximum absolute atomic E-state index is 10.1. The summed E-state index contributed by atoms with van der Waals surface area (Å²) in [6, 6.07) is 0. The Morgan fingerprint density at radius 3 is 1.68 bits per heavy atom. The number of rotatable bonds is 13. The highest BCUT2D eigenvalue weighted by Gasteiger charge is 1.90. The second-order valence-corrected chi connectivity index (χ2v) is 5.34. The van der Waals surface area contributed by atoms with Crippen molar-refractivity contribution in [3.05, 3.63) is 0 Å². The SMILES string of the molecule is CCCCCCCCCCC#CCCCCCC=O. The van der Waals surface area contributed by atoms with Gasteiger partial charge >= 0.3 is 0 Å². The Hall–Kier alpha value is -0.770. The second kappa shape index (κ2) is 17.2. The van der Waals surface area contributed by atoms with Crippen LogP contribution in [0.25, 0.3) is 0 Å². The molecule has 0 aromatic heterocycles. The molecule has 0 radical (unpaired) electrons. The smallest absolute Gasteiger partial charge is 0.119 e. The van der Waals surface area contributed by atoms with Crippen LogP contribution in [0.2, 0.25) is 0 Å². The summed E-state index contributed by atoms with van der Waals surface area (Å²) in [5.74, 6) is 6.51. The third-order valence-corrected chi connectivity index (χ3v) is 3.40. The van der Waals surface area contributed by atoms with E-state index >= 15 is 0 Å². The molecule has 1 nitrogen and oxygen atoms in total. The molecule has 0 aliphatic rings. The van der Waals surface area contributed by atoms with E-state index in [1.54, 1.807) is 0 Å². The third-order valence-electron chi connectivity index (χ3n) is 3.40. The van der Waals surface area contributed by atoms with Crippen LogP contribution in [0.4, 0.5) is 0 Å². The summed E-state index contributed by atoms with van der Waals surface area (Å²) in [5.41, 5.74) is 0. The first-order valence-corrected chi connectivity index (χ1v) is 8.31. The maximum atomic E-state index is 10.1. The first kappa shape index (κ1) is 18.2. The van der Waals surface area contributed by atoms with E-state index in [9.17, 15) is 4.79 Å². The summed E-state index contributed by atoms with van der Waals surface area (Å²) in [6.45, 7) is 2.26. The van der Waals surface area contributed by atoms with Gasteiger partial charge in [0.25, 0.3) is 0 Å². The molecule has 19 heavy (non-hydrogen) atoms. The van der Waals surface area contributed by atoms with Crippen molar-refractivity contribution in [3.8, 4) is 11.8 Å². The molecule has 1 heteroatoms. The molecular formula is C18H32O. The van der Waals surface area contributed by atoms with Gasteiger partial charge in [-0.1, -0.05) is 58.3 Å². The van der Waals surface area contributed by atoms with Gasteiger partial charge in [-0.15, -0.1) is 11.8 Å². The van der Waals surface area contributed by atoms with Crippen LogP contribution in [0.15, 0.2) is 0 Å². The van der Waals surface area contributed by atoms with Gasteiger partial charge in [-0.25, -0.2) is 0 Å². The molecule has 0 atom stereocenters. The average molecular weight is 264 g/mol. The van der Waals surface area contributed by atoms with Gasteiger partial charge in [-0.2, -0.15) is 0 Å². The Morgan fingerprint density at radius 2 is 1.16 bits per heavy atom. The topological polar surface area (TPSA) is 17.1 Å². The van der Waals surface area contributed by atoms with Crippen LogP contribution in [-0.2, 0) is 4.79 Å². The van der Waals surface area contributed by atoms with Gasteiger partial charge < -0.3 is 4.79 Å². The van der Waals surface area contributed by atoms with Gasteiger partial charge in [0, 0.05) is 19.3 Å². The van der Waals surface area contributed by atoms with Crippen LogP contribution in [0.3, 0.4) is 0 Å². The number of aldehydes is 1. The van der Waals surface area contributed by atoms with Crippen molar-refractivity contribution in [1.82, 2.24) is 0 Å². The molecule has 0 aliphatic heterocycles. The molecule has 0 saturated carbocycles. The van der Waals surface area contributed by atoms with E-state index in [0.29, 0.717) is 6.42 Å². The van der Waals surface area contributed by atoms with Gasteiger partial charge in [0.15, 0.2) is 0 Å². The molecule has 0 unspecified atom stereocenters. The van der Waals surface area contributed by atoms with E-state index in [1.165, 1.54) is 51.4 Å². The molecule has 0 aromatic carbocycles. The van der Waals surface area contributed by atoms with E-state index < -0.39 is 0 Å². The summed E-state index contributed by atoms with van der Waals surface area (Å²) in [7, 11) is 0. The van der Waals surface area contributed by atoms with Gasteiger partial charge in [0.2, 0.25) is 0 Å². The van der Waals surface area contributed by atoms with Gasteiger partial charge in [-0.3, -0.25) is 0 Å². The van der Waals surface area contributed by atoms with Gasteiger partial charge in [0.05, 0.1) is 0 Å². The molecule has 0 saturated heterocycles. The van der Waals surface area contributed by atoms with E-state index in [2.05, 4.69) is 18.8 Å². The summed E-state index contributed by atoms with van der Waals surface area (Å²) >= 11 is 0. The molecule has 0 N–H and O–H groups in total. The lowest BCUT2D eigenvalue weighted by Crippen LogP contribution is -1.80. The Morgan fingerprint density at radius 1 is 0.684 bits per heavy atom. The van der Waals surface area contributed by atoms with Crippen LogP contribution in [0, 0.1) is 11.8 Å². The lowest BCUT2D eigenvalue weighted by molar-refractivity contribution is -0.107. The molecule has 0 aromatic rings. The number of hydrogen-bond acceptors (Lipinski definition) is 1. The zero-order chi connectivity index (χ0) is 14.0. The Bertz CT molecular complexity index is 234. The molecule has 0 rings (SSSR count). The van der Waals surface area contributed by atoms with Crippen LogP contribution in [0.5, 0.6) is 0 Å². The first-order valence-electron chi connectivity index (χ1n) is 8.31. The van der Waals surface area contributed by atoms with Crippen molar-refractivity contribution >= 4 is 6.29 Å². The fourth-order valence-electron chi connectivity index (χ4n) is 2.14. The Labute approximate surface area is 120 Å². The molecule has 0 amide bonds. The highest BCUT2D eigenvalue weighted by atomic mass is 16.1. The largest absolute Gasteiger partial charge is 0.303 e. The summed E-state index contributed by atoms with van der Waals surface area (Å²) in [4.78, 5) is 10.1. The summed E-state index contributed by atoms with van der Waals surface area (Å²) in [6.07, 6.45) is 18.1. The van der Waals surface area contributed by atoms with Crippen LogP contribution >= 0.6 is 0 Å². The number of carbonyl (C=O) groups excluding carboxylic acids is 1. The van der Waals surface area contributed by atoms with Gasteiger partial charge in [0.1, 0.15) is 6.29 Å². The monoisotopic (exact) mass is 264 g/mol. The van der Waals surface area contributed by atoms with Crippen LogP contribution in [-0.4, -0.2) is 6.29 Å². The molecule has 0 bridgehead atoms. The third kappa shape index (κ3) is 17.2. The van der Waals surface area contributed by atoms with Crippen LogP contribution < -0.4 is 0 Å². The number of hydrogen-bond donors (Lipinski definition) is 0. The van der Waals surface area contributed by atoms with E-state index in [1.807, 2.05) is 0 Å². The van der Waals surface area contributed by atoms with Gasteiger partial charge in [-0.05, 0) is 19.3 Å². The van der Waals surface area contributed by atoms with E-state index in [4.69, 9.17) is 0 Å². The van der Waals surface area contributed by atoms with Crippen LogP contribution in [0.1, 0.15) is 96.8 Å². The fourth-order valence-corrected chi connectivity index (χ4v) is 2.14. The average Bonchev–Trinajstić information content (AvgIpc) is 2.43. The summed E-state index contributed by atoms with van der Waals surface area (Å²) in [5, 5.41) is 0. The van der Waals surface area contributed by atoms with E-state index in [-0.39, 0.29) is 0 Å². The highest BCUT2D eigenvalue weighted by Crippen LogP contribution is 2.09. The van der Waals surface area contributed by atoms with E-state index in [0.717, 1.165) is 38.4 Å². The number of carbonyl (C=O) groups is 1. The molecule has 0 heterocycles. The zero-order valence-electron chi connectivity index (χ0n) is 12.9. The molecule has 110 valence electrons. The second-order valence-electron chi connectivity index (χ2n) is 5.34. The van der Waals surface area contributed by atoms with Crippen molar-refractivity contribution in [2.75, 3.05) is 0 Å². The first-order chi connectivity index (χ1) is 9.41. The Kier molecular flexibility index (Phi) is 16.5. The maximum Gasteiger partial charge on any atom is 0.119 e. The van der Waals surface area contributed by atoms with Crippen molar-refractivity contribution in [2.24, 2.45) is 0 Å².